The van der Waals surface area contributed by atoms with Crippen LogP contribution in [0.1, 0.15) is 31.2 Å². The van der Waals surface area contributed by atoms with Gasteiger partial charge in [0.2, 0.25) is 0 Å². The summed E-state index contributed by atoms with van der Waals surface area (Å²) in [5.74, 6) is -2.21. The molecular formula is C18H20F6O2. The van der Waals surface area contributed by atoms with Gasteiger partial charge in [-0.2, -0.15) is 0 Å². The molecule has 2 rings (SSSR count). The Bertz CT molecular complexity index is 594. The van der Waals surface area contributed by atoms with E-state index in [0.29, 0.717) is 18.8 Å². The van der Waals surface area contributed by atoms with E-state index in [1.807, 2.05) is 6.08 Å². The summed E-state index contributed by atoms with van der Waals surface area (Å²) in [5, 5.41) is 0. The van der Waals surface area contributed by atoms with Crippen LogP contribution in [0, 0.1) is 17.7 Å². The molecule has 146 valence electrons. The van der Waals surface area contributed by atoms with Gasteiger partial charge >= 0.3 is 6.36 Å². The maximum absolute atomic E-state index is 13.7. The number of ether oxygens (including phenoxy) is 2. The van der Waals surface area contributed by atoms with Gasteiger partial charge in [-0.1, -0.05) is 12.1 Å². The molecule has 0 aromatic heterocycles. The molecule has 0 aliphatic heterocycles. The van der Waals surface area contributed by atoms with Crippen LogP contribution in [-0.2, 0) is 11.3 Å². The molecule has 2 nitrogen and oxygen atoms in total. The largest absolute Gasteiger partial charge is 0.573 e. The van der Waals surface area contributed by atoms with Gasteiger partial charge in [-0.05, 0) is 55.2 Å². The molecule has 1 unspecified atom stereocenters. The van der Waals surface area contributed by atoms with E-state index in [9.17, 15) is 26.3 Å². The third kappa shape index (κ3) is 5.93. The van der Waals surface area contributed by atoms with Gasteiger partial charge in [0.1, 0.15) is 6.10 Å². The number of allylic oxidation sites excluding steroid dienone is 1. The molecule has 0 radical (unpaired) electrons. The van der Waals surface area contributed by atoms with Crippen molar-refractivity contribution in [2.24, 2.45) is 11.8 Å². The van der Waals surface area contributed by atoms with Crippen LogP contribution < -0.4 is 4.74 Å². The summed E-state index contributed by atoms with van der Waals surface area (Å²) in [7, 11) is 0. The Morgan fingerprint density at radius 1 is 1.15 bits per heavy atom. The Balaban J connectivity index is 1.96. The molecule has 1 saturated carbocycles. The molecule has 26 heavy (non-hydrogen) atoms. The molecule has 0 amide bonds. The van der Waals surface area contributed by atoms with Crippen LogP contribution in [-0.4, -0.2) is 18.9 Å². The maximum atomic E-state index is 13.7. The van der Waals surface area contributed by atoms with Crippen molar-refractivity contribution in [3.63, 3.8) is 0 Å². The van der Waals surface area contributed by atoms with Gasteiger partial charge in [-0.25, -0.2) is 13.2 Å². The Morgan fingerprint density at radius 2 is 1.81 bits per heavy atom. The second kappa shape index (κ2) is 8.79. The number of benzene rings is 1. The van der Waals surface area contributed by atoms with E-state index < -0.39 is 30.5 Å². The fourth-order valence-corrected chi connectivity index (χ4v) is 3.16. The summed E-state index contributed by atoms with van der Waals surface area (Å²) in [5.41, 5.74) is 0.155. The minimum absolute atomic E-state index is 0.155. The first-order valence-electron chi connectivity index (χ1n) is 8.26. The topological polar surface area (TPSA) is 18.5 Å². The fraction of sp³-hybridized carbons (Fsp3) is 0.556. The van der Waals surface area contributed by atoms with Crippen molar-refractivity contribution in [2.75, 3.05) is 0 Å². The lowest BCUT2D eigenvalue weighted by Crippen LogP contribution is -2.33. The van der Waals surface area contributed by atoms with Crippen LogP contribution in [0.5, 0.6) is 5.75 Å². The van der Waals surface area contributed by atoms with E-state index in [1.165, 1.54) is 0 Å². The Morgan fingerprint density at radius 3 is 2.31 bits per heavy atom. The zero-order valence-electron chi connectivity index (χ0n) is 13.9. The highest BCUT2D eigenvalue weighted by molar-refractivity contribution is 5.29. The van der Waals surface area contributed by atoms with Gasteiger partial charge in [0, 0.05) is 0 Å². The standard InChI is InChI=1S/C18H20F6O2/c1-2-11-3-6-13(7-4-11)16(17(20)21)25-10-12-5-8-15(14(19)9-12)26-18(22,23)24/h2,5,8-9,11,13,16-17H,1,3-4,6-7,10H2. The number of hydrogen-bond donors (Lipinski definition) is 0. The van der Waals surface area contributed by atoms with Gasteiger partial charge in [0.15, 0.2) is 11.6 Å². The lowest BCUT2D eigenvalue weighted by Gasteiger charge is -2.32. The zero-order valence-corrected chi connectivity index (χ0v) is 13.9. The van der Waals surface area contributed by atoms with Gasteiger partial charge in [-0.15, -0.1) is 19.8 Å². The summed E-state index contributed by atoms with van der Waals surface area (Å²) in [6.07, 6.45) is -4.49. The average molecular weight is 382 g/mol. The molecule has 1 atom stereocenters. The Hall–Kier alpha value is -1.70. The van der Waals surface area contributed by atoms with E-state index >= 15 is 0 Å². The predicted octanol–water partition coefficient (Wildman–Crippen LogP) is 5.87. The summed E-state index contributed by atoms with van der Waals surface area (Å²) >= 11 is 0. The highest BCUT2D eigenvalue weighted by Crippen LogP contribution is 2.35. The Kier molecular flexibility index (Phi) is 6.97. The molecule has 0 spiro atoms. The molecular weight excluding hydrogens is 362 g/mol. The highest BCUT2D eigenvalue weighted by atomic mass is 19.4. The number of rotatable bonds is 7. The molecule has 1 fully saturated rings. The Labute approximate surface area is 147 Å². The van der Waals surface area contributed by atoms with Crippen molar-refractivity contribution in [1.82, 2.24) is 0 Å². The van der Waals surface area contributed by atoms with Crippen molar-refractivity contribution in [3.8, 4) is 5.75 Å². The minimum Gasteiger partial charge on any atom is -0.403 e. The first-order chi connectivity index (χ1) is 12.2. The normalized spacial score (nSPS) is 22.3. The van der Waals surface area contributed by atoms with Gasteiger partial charge in [0.05, 0.1) is 6.61 Å². The summed E-state index contributed by atoms with van der Waals surface area (Å²) in [4.78, 5) is 0. The van der Waals surface area contributed by atoms with Gasteiger partial charge in [0.25, 0.3) is 6.43 Å². The molecule has 1 aliphatic rings. The predicted molar refractivity (Wildman–Crippen MR) is 83.3 cm³/mol. The van der Waals surface area contributed by atoms with E-state index in [2.05, 4.69) is 11.3 Å². The van der Waals surface area contributed by atoms with Crippen molar-refractivity contribution in [3.05, 3.63) is 42.2 Å². The molecule has 0 saturated heterocycles. The third-order valence-corrected chi connectivity index (χ3v) is 4.53. The monoisotopic (exact) mass is 382 g/mol. The highest BCUT2D eigenvalue weighted by Gasteiger charge is 2.34. The van der Waals surface area contributed by atoms with E-state index in [1.54, 1.807) is 0 Å². The van der Waals surface area contributed by atoms with E-state index in [0.717, 1.165) is 31.0 Å². The van der Waals surface area contributed by atoms with E-state index in [-0.39, 0.29) is 18.1 Å². The van der Waals surface area contributed by atoms with Gasteiger partial charge < -0.3 is 9.47 Å². The molecule has 1 aromatic rings. The second-order valence-corrected chi connectivity index (χ2v) is 6.33. The molecule has 0 N–H and O–H groups in total. The van der Waals surface area contributed by atoms with Crippen LogP contribution in [0.15, 0.2) is 30.9 Å². The quantitative estimate of drug-likeness (QED) is 0.434. The molecule has 1 aliphatic carbocycles. The van der Waals surface area contributed by atoms with Crippen molar-refractivity contribution in [1.29, 1.82) is 0 Å². The fourth-order valence-electron chi connectivity index (χ4n) is 3.16. The first kappa shape index (κ1) is 20.6. The SMILES string of the molecule is C=CC1CCC(C(OCc2ccc(OC(F)(F)F)c(F)c2)C(F)F)CC1. The second-order valence-electron chi connectivity index (χ2n) is 6.33. The third-order valence-electron chi connectivity index (χ3n) is 4.53. The maximum Gasteiger partial charge on any atom is 0.573 e. The number of alkyl halides is 5. The van der Waals surface area contributed by atoms with Crippen LogP contribution >= 0.6 is 0 Å². The summed E-state index contributed by atoms with van der Waals surface area (Å²) in [6, 6.07) is 2.74. The number of halogens is 6. The smallest absolute Gasteiger partial charge is 0.403 e. The lowest BCUT2D eigenvalue weighted by molar-refractivity contribution is -0.275. The minimum atomic E-state index is -5.01. The van der Waals surface area contributed by atoms with E-state index in [4.69, 9.17) is 4.74 Å². The molecule has 8 heteroatoms. The van der Waals surface area contributed by atoms with Crippen molar-refractivity contribution in [2.45, 2.75) is 51.2 Å². The van der Waals surface area contributed by atoms with Gasteiger partial charge in [-0.3, -0.25) is 0 Å². The van der Waals surface area contributed by atoms with Crippen LogP contribution in [0.2, 0.25) is 0 Å². The average Bonchev–Trinajstić information content (AvgIpc) is 2.56. The van der Waals surface area contributed by atoms with Crippen LogP contribution in [0.3, 0.4) is 0 Å². The molecule has 0 heterocycles. The first-order valence-corrected chi connectivity index (χ1v) is 8.26. The molecule has 1 aromatic carbocycles. The van der Waals surface area contributed by atoms with Crippen molar-refractivity contribution < 1.29 is 35.8 Å². The lowest BCUT2D eigenvalue weighted by atomic mass is 9.79. The molecule has 0 bridgehead atoms. The van der Waals surface area contributed by atoms with Crippen LogP contribution in [0.4, 0.5) is 26.3 Å². The van der Waals surface area contributed by atoms with Crippen molar-refractivity contribution >= 4 is 0 Å². The van der Waals surface area contributed by atoms with Crippen LogP contribution in [0.25, 0.3) is 0 Å². The number of hydrogen-bond acceptors (Lipinski definition) is 2. The zero-order chi connectivity index (χ0) is 19.3. The summed E-state index contributed by atoms with van der Waals surface area (Å²) in [6.45, 7) is 3.39. The summed E-state index contributed by atoms with van der Waals surface area (Å²) < 4.78 is 85.5.